The molecule has 0 aliphatic carbocycles. The van der Waals surface area contributed by atoms with Crippen molar-refractivity contribution in [3.63, 3.8) is 0 Å². The summed E-state index contributed by atoms with van der Waals surface area (Å²) in [5.74, 6) is -0.182. The molecule has 98 valence electrons. The molecule has 0 saturated heterocycles. The van der Waals surface area contributed by atoms with Gasteiger partial charge in [-0.15, -0.1) is 0 Å². The first kappa shape index (κ1) is 13.4. The Morgan fingerprint density at radius 1 is 1.21 bits per heavy atom. The van der Waals surface area contributed by atoms with Crippen LogP contribution in [0.1, 0.15) is 15.9 Å². The van der Waals surface area contributed by atoms with Gasteiger partial charge in [-0.1, -0.05) is 23.7 Å². The summed E-state index contributed by atoms with van der Waals surface area (Å²) in [6.07, 6.45) is 0. The van der Waals surface area contributed by atoms with Crippen molar-refractivity contribution in [2.75, 3.05) is 12.6 Å². The molecule has 0 saturated carbocycles. The maximum Gasteiger partial charge on any atom is 0.228 e. The van der Waals surface area contributed by atoms with Crippen LogP contribution in [-0.2, 0) is 0 Å². The van der Waals surface area contributed by atoms with Gasteiger partial charge in [-0.05, 0) is 30.3 Å². The largest absolute Gasteiger partial charge is 0.462 e. The van der Waals surface area contributed by atoms with Crippen molar-refractivity contribution in [3.8, 4) is 5.75 Å². The number of rotatable bonds is 4. The van der Waals surface area contributed by atoms with Gasteiger partial charge in [0.2, 0.25) is 6.86 Å². The molecule has 0 unspecified atom stereocenters. The highest BCUT2D eigenvalue weighted by atomic mass is 35.5. The number of alkyl halides is 1. The lowest BCUT2D eigenvalue weighted by Crippen LogP contribution is -2.07. The second-order valence-corrected chi connectivity index (χ2v) is 4.25. The first-order valence-electron chi connectivity index (χ1n) is 5.51. The highest BCUT2D eigenvalue weighted by Crippen LogP contribution is 2.26. The van der Waals surface area contributed by atoms with E-state index in [9.17, 15) is 9.18 Å². The number of ketones is 1. The van der Waals surface area contributed by atoms with Gasteiger partial charge in [0.25, 0.3) is 0 Å². The number of nitrogens with two attached hydrogens (primary N) is 1. The number of hydrogen-bond acceptors (Lipinski definition) is 3. The average molecular weight is 280 g/mol. The first-order valence-corrected chi connectivity index (χ1v) is 5.89. The molecule has 0 aliphatic rings. The van der Waals surface area contributed by atoms with E-state index in [0.717, 1.165) is 0 Å². The monoisotopic (exact) mass is 279 g/mol. The van der Waals surface area contributed by atoms with Crippen LogP contribution < -0.4 is 10.5 Å². The summed E-state index contributed by atoms with van der Waals surface area (Å²) < 4.78 is 17.1. The predicted molar refractivity (Wildman–Crippen MR) is 72.3 cm³/mol. The van der Waals surface area contributed by atoms with Crippen molar-refractivity contribution in [1.82, 2.24) is 0 Å². The molecule has 3 nitrogen and oxygen atoms in total. The molecule has 0 bridgehead atoms. The van der Waals surface area contributed by atoms with Gasteiger partial charge in [-0.25, -0.2) is 4.39 Å². The summed E-state index contributed by atoms with van der Waals surface area (Å²) in [4.78, 5) is 12.4. The van der Waals surface area contributed by atoms with E-state index >= 15 is 0 Å². The summed E-state index contributed by atoms with van der Waals surface area (Å²) in [5, 5.41) is 0.404. The van der Waals surface area contributed by atoms with E-state index in [1.807, 2.05) is 0 Å². The molecule has 0 amide bonds. The minimum atomic E-state index is -1.00. The molecule has 0 aliphatic heterocycles. The van der Waals surface area contributed by atoms with Crippen molar-refractivity contribution in [1.29, 1.82) is 0 Å². The molecule has 0 spiro atoms. The number of benzene rings is 2. The van der Waals surface area contributed by atoms with Crippen LogP contribution in [0.5, 0.6) is 5.75 Å². The molecule has 5 heteroatoms. The van der Waals surface area contributed by atoms with Crippen LogP contribution in [0.3, 0.4) is 0 Å². The zero-order valence-electron chi connectivity index (χ0n) is 9.90. The minimum absolute atomic E-state index is 0.175. The molecule has 2 aromatic rings. The van der Waals surface area contributed by atoms with E-state index in [0.29, 0.717) is 10.7 Å². The number of halogens is 2. The van der Waals surface area contributed by atoms with Crippen LogP contribution in [0.4, 0.5) is 10.1 Å². The van der Waals surface area contributed by atoms with Gasteiger partial charge in [0.15, 0.2) is 5.78 Å². The van der Waals surface area contributed by atoms with Gasteiger partial charge in [-0.2, -0.15) is 0 Å². The molecule has 2 N–H and O–H groups in total. The third-order valence-corrected chi connectivity index (χ3v) is 2.84. The van der Waals surface area contributed by atoms with E-state index in [1.54, 1.807) is 30.3 Å². The average Bonchev–Trinajstić information content (AvgIpc) is 2.42. The number of carbonyl (C=O) groups is 1. The fourth-order valence-corrected chi connectivity index (χ4v) is 1.88. The third kappa shape index (κ3) is 2.85. The smallest absolute Gasteiger partial charge is 0.228 e. The number of ether oxygens (including phenoxy) is 1. The summed E-state index contributed by atoms with van der Waals surface area (Å²) >= 11 is 5.85. The molecule has 0 aromatic heterocycles. The van der Waals surface area contributed by atoms with E-state index in [2.05, 4.69) is 0 Å². The van der Waals surface area contributed by atoms with Crippen LogP contribution in [0.15, 0.2) is 42.5 Å². The Balaban J connectivity index is 2.47. The van der Waals surface area contributed by atoms with E-state index in [4.69, 9.17) is 22.1 Å². The van der Waals surface area contributed by atoms with Crippen LogP contribution in [-0.4, -0.2) is 12.6 Å². The SMILES string of the molecule is Nc1ccc(Cl)cc1C(=O)c1ccccc1OCF. The second-order valence-electron chi connectivity index (χ2n) is 3.81. The third-order valence-electron chi connectivity index (χ3n) is 2.60. The van der Waals surface area contributed by atoms with E-state index < -0.39 is 6.86 Å². The Morgan fingerprint density at radius 2 is 1.95 bits per heavy atom. The number of para-hydroxylation sites is 1. The fourth-order valence-electron chi connectivity index (χ4n) is 1.71. The molecule has 2 aromatic carbocycles. The van der Waals surface area contributed by atoms with Crippen molar-refractivity contribution in [3.05, 3.63) is 58.6 Å². The summed E-state index contributed by atoms with van der Waals surface area (Å²) in [5.41, 5.74) is 6.58. The van der Waals surface area contributed by atoms with Crippen LogP contribution in [0.2, 0.25) is 5.02 Å². The molecule has 0 fully saturated rings. The maximum atomic E-state index is 12.4. The second kappa shape index (κ2) is 5.71. The predicted octanol–water partition coefficient (Wildman–Crippen LogP) is 3.46. The zero-order valence-corrected chi connectivity index (χ0v) is 10.7. The summed E-state index contributed by atoms with van der Waals surface area (Å²) in [7, 11) is 0. The molecular weight excluding hydrogens is 269 g/mol. The van der Waals surface area contributed by atoms with Crippen LogP contribution in [0.25, 0.3) is 0 Å². The topological polar surface area (TPSA) is 52.3 Å². The van der Waals surface area contributed by atoms with Gasteiger partial charge >= 0.3 is 0 Å². The number of nitrogen functional groups attached to an aromatic ring is 1. The van der Waals surface area contributed by atoms with Gasteiger partial charge in [0.05, 0.1) is 5.56 Å². The van der Waals surface area contributed by atoms with Crippen LogP contribution in [0, 0.1) is 0 Å². The van der Waals surface area contributed by atoms with Gasteiger partial charge < -0.3 is 10.5 Å². The Hall–Kier alpha value is -2.07. The minimum Gasteiger partial charge on any atom is -0.462 e. The standard InChI is InChI=1S/C14H11ClFNO2/c15-9-5-6-12(17)11(7-9)14(18)10-3-1-2-4-13(10)19-8-16/h1-7H,8,17H2. The quantitative estimate of drug-likeness (QED) is 0.689. The van der Waals surface area contributed by atoms with E-state index in [-0.39, 0.29) is 22.7 Å². The number of hydrogen-bond donors (Lipinski definition) is 1. The fraction of sp³-hybridized carbons (Fsp3) is 0.0714. The summed E-state index contributed by atoms with van der Waals surface area (Å²) in [6, 6.07) is 11.0. The summed E-state index contributed by atoms with van der Waals surface area (Å²) in [6.45, 7) is -1.00. The molecular formula is C14H11ClFNO2. The van der Waals surface area contributed by atoms with Crippen molar-refractivity contribution >= 4 is 23.1 Å². The number of carbonyl (C=O) groups excluding carboxylic acids is 1. The van der Waals surface area contributed by atoms with Crippen molar-refractivity contribution < 1.29 is 13.9 Å². The Kier molecular flexibility index (Phi) is 4.02. The zero-order chi connectivity index (χ0) is 13.8. The first-order chi connectivity index (χ1) is 9.13. The maximum absolute atomic E-state index is 12.4. The lowest BCUT2D eigenvalue weighted by Gasteiger charge is -2.09. The Morgan fingerprint density at radius 3 is 2.68 bits per heavy atom. The van der Waals surface area contributed by atoms with Gasteiger partial charge in [0.1, 0.15) is 5.75 Å². The molecule has 0 heterocycles. The van der Waals surface area contributed by atoms with Crippen LogP contribution >= 0.6 is 11.6 Å². The molecule has 19 heavy (non-hydrogen) atoms. The molecule has 0 atom stereocenters. The number of anilines is 1. The molecule has 2 rings (SSSR count). The van der Waals surface area contributed by atoms with Crippen molar-refractivity contribution in [2.24, 2.45) is 0 Å². The highest BCUT2D eigenvalue weighted by Gasteiger charge is 2.17. The molecule has 0 radical (unpaired) electrons. The van der Waals surface area contributed by atoms with Gasteiger partial charge in [0, 0.05) is 16.3 Å². The highest BCUT2D eigenvalue weighted by molar-refractivity contribution is 6.31. The van der Waals surface area contributed by atoms with Crippen molar-refractivity contribution in [2.45, 2.75) is 0 Å². The Labute approximate surface area is 114 Å². The van der Waals surface area contributed by atoms with Gasteiger partial charge in [-0.3, -0.25) is 4.79 Å². The Bertz CT molecular complexity index is 616. The lowest BCUT2D eigenvalue weighted by molar-refractivity contribution is 0.103. The lowest BCUT2D eigenvalue weighted by atomic mass is 10.0. The van der Waals surface area contributed by atoms with E-state index in [1.165, 1.54) is 12.1 Å². The normalized spacial score (nSPS) is 10.2.